The molecule has 0 fully saturated rings. The second-order valence-corrected chi connectivity index (χ2v) is 42.6. The summed E-state index contributed by atoms with van der Waals surface area (Å²) in [5.74, 6) is 0. The van der Waals surface area contributed by atoms with E-state index in [0.717, 1.165) is 0 Å². The van der Waals surface area contributed by atoms with E-state index >= 15 is 0 Å². The second-order valence-electron chi connectivity index (χ2n) is 24.4. The Morgan fingerprint density at radius 1 is 0.256 bits per heavy atom. The third kappa shape index (κ3) is 38.8. The van der Waals surface area contributed by atoms with Gasteiger partial charge in [0.2, 0.25) is 0 Å². The largest absolute Gasteiger partial charge is 2.00 e. The SMILES string of the molecule is Cc1cc(C)c([N-][Si](C)(C)C)c(C)c1.Cc1cc(C)c([N-][Si](C)(C)C)c(C)c1.Cc1cc(C)c([N-][Si](C)(C)C)c(C)c1.Cc1cc(C)c([N-][Si](C)(C)C)c(C)c1.[Mg+2].[Mg+2].c1cc[nH+]cc1.c1cc[nH+]cc1.c1cc[nH+]cc1.c1ccncc1. The smallest absolute Gasteiger partial charge is 0.687 e. The number of benzene rings is 4. The summed E-state index contributed by atoms with van der Waals surface area (Å²) in [6.07, 6.45) is 14.8. The molecule has 0 unspecified atom stereocenters. The van der Waals surface area contributed by atoms with Gasteiger partial charge in [-0.1, -0.05) is 218 Å². The van der Waals surface area contributed by atoms with Crippen LogP contribution in [0.5, 0.6) is 0 Å². The van der Waals surface area contributed by atoms with E-state index in [4.69, 9.17) is 19.9 Å². The first kappa shape index (κ1) is 79.1. The summed E-state index contributed by atoms with van der Waals surface area (Å²) >= 11 is 0. The van der Waals surface area contributed by atoms with Crippen LogP contribution in [0.25, 0.3) is 19.9 Å². The van der Waals surface area contributed by atoms with Crippen molar-refractivity contribution in [2.45, 2.75) is 162 Å². The van der Waals surface area contributed by atoms with E-state index in [0.29, 0.717) is 0 Å². The Labute approximate surface area is 536 Å². The van der Waals surface area contributed by atoms with Crippen molar-refractivity contribution in [3.63, 3.8) is 0 Å². The molecule has 0 radical (unpaired) electrons. The molecule has 82 heavy (non-hydrogen) atoms. The summed E-state index contributed by atoms with van der Waals surface area (Å²) in [5.41, 5.74) is 20.7. The molecule has 4 heterocycles. The number of hydrogen-bond acceptors (Lipinski definition) is 1. The average molecular weight is 1190 g/mol. The number of rotatable bonds is 8. The van der Waals surface area contributed by atoms with Crippen LogP contribution in [0.15, 0.2) is 171 Å². The minimum atomic E-state index is -1.35. The van der Waals surface area contributed by atoms with Crippen molar-refractivity contribution >= 4 is 102 Å². The number of nitrogens with one attached hydrogen (secondary N) is 3. The van der Waals surface area contributed by atoms with Gasteiger partial charge in [-0.15, -0.1) is 22.7 Å². The van der Waals surface area contributed by atoms with Crippen LogP contribution in [-0.4, -0.2) is 84.0 Å². The molecule has 0 aliphatic heterocycles. The van der Waals surface area contributed by atoms with Gasteiger partial charge < -0.3 is 19.9 Å². The van der Waals surface area contributed by atoms with Gasteiger partial charge >= 0.3 is 46.1 Å². The second kappa shape index (κ2) is 40.4. The predicted molar refractivity (Wildman–Crippen MR) is 373 cm³/mol. The molecule has 0 atom stereocenters. The van der Waals surface area contributed by atoms with Crippen molar-refractivity contribution in [2.75, 3.05) is 0 Å². The maximum atomic E-state index is 4.87. The average Bonchev–Trinajstić information content (AvgIpc) is 3.36. The Hall–Kier alpha value is -4.92. The summed E-state index contributed by atoms with van der Waals surface area (Å²) in [6, 6.07) is 41.0. The van der Waals surface area contributed by atoms with Crippen LogP contribution in [0, 0.1) is 83.1 Å². The van der Waals surface area contributed by atoms with Crippen molar-refractivity contribution in [2.24, 2.45) is 0 Å². The monoisotopic (exact) mass is 1190 g/mol. The van der Waals surface area contributed by atoms with Gasteiger partial charge in [0.05, 0.1) is 0 Å². The Balaban J connectivity index is 0. The zero-order valence-corrected chi connectivity index (χ0v) is 62.1. The summed E-state index contributed by atoms with van der Waals surface area (Å²) in [5, 5.41) is 0. The van der Waals surface area contributed by atoms with E-state index in [9.17, 15) is 0 Å². The molecule has 4 aromatic heterocycles. The van der Waals surface area contributed by atoms with E-state index in [1.807, 2.05) is 110 Å². The molecule has 0 bridgehead atoms. The number of nitrogens with zero attached hydrogens (tertiary/aromatic N) is 5. The standard InChI is InChI=1S/4C12H20NSi.4C5H5N.2Mg/c4*1-9-7-10(2)12(11(3)8-9)13-14(4,5)6;4*1-2-4-6-5-3-1;;/h4*7-8H,1-6H3;4*1-5H;;/q4*-1;;;;;2*+2/p+3. The quantitative estimate of drug-likeness (QED) is 0.139. The Morgan fingerprint density at radius 2 is 0.415 bits per heavy atom. The Kier molecular flexibility index (Phi) is 39.0. The van der Waals surface area contributed by atoms with Gasteiger partial charge in [-0.25, -0.2) is 15.0 Å². The zero-order valence-electron chi connectivity index (χ0n) is 55.3. The Bertz CT molecular complexity index is 2340. The molecule has 0 saturated carbocycles. The van der Waals surface area contributed by atoms with Crippen LogP contribution < -0.4 is 15.0 Å². The van der Waals surface area contributed by atoms with Gasteiger partial charge in [0.15, 0.2) is 37.2 Å². The van der Waals surface area contributed by atoms with Crippen LogP contribution in [0.2, 0.25) is 78.6 Å². The summed E-state index contributed by atoms with van der Waals surface area (Å²) in [4.78, 5) is 31.9. The van der Waals surface area contributed by atoms with E-state index in [1.54, 1.807) is 12.4 Å². The maximum absolute atomic E-state index is 4.87. The van der Waals surface area contributed by atoms with Crippen LogP contribution >= 0.6 is 0 Å². The Morgan fingerprint density at radius 3 is 0.500 bits per heavy atom. The molecule has 432 valence electrons. The molecule has 8 aromatic rings. The fourth-order valence-corrected chi connectivity index (χ4v) is 12.2. The van der Waals surface area contributed by atoms with Crippen molar-refractivity contribution in [1.29, 1.82) is 0 Å². The van der Waals surface area contributed by atoms with Crippen molar-refractivity contribution < 1.29 is 15.0 Å². The first-order chi connectivity index (χ1) is 37.2. The first-order valence-corrected chi connectivity index (χ1v) is 41.8. The van der Waals surface area contributed by atoms with E-state index in [2.05, 4.69) is 230 Å². The number of aromatic amines is 3. The fourth-order valence-electron chi connectivity index (χ4n) is 8.08. The van der Waals surface area contributed by atoms with Gasteiger partial charge in [-0.3, -0.25) is 4.98 Å². The molecular formula is C68H103Mg2N8Si4+3. The van der Waals surface area contributed by atoms with Gasteiger partial charge in [0.1, 0.15) is 0 Å². The van der Waals surface area contributed by atoms with Crippen LogP contribution in [0.3, 0.4) is 0 Å². The minimum absolute atomic E-state index is 0. The molecule has 0 amide bonds. The van der Waals surface area contributed by atoms with Gasteiger partial charge in [-0.05, 0) is 128 Å². The number of H-pyrrole nitrogens is 3. The normalized spacial score (nSPS) is 10.2. The number of aromatic nitrogens is 4. The van der Waals surface area contributed by atoms with Crippen molar-refractivity contribution in [3.05, 3.63) is 258 Å². The fraction of sp³-hybridized carbons (Fsp3) is 0.353. The molecule has 0 saturated heterocycles. The topological polar surface area (TPSA) is 112 Å². The molecule has 0 aliphatic rings. The van der Waals surface area contributed by atoms with E-state index in [1.165, 1.54) is 89.5 Å². The molecule has 4 aromatic carbocycles. The molecule has 0 aliphatic carbocycles. The van der Waals surface area contributed by atoms with Gasteiger partial charge in [0.25, 0.3) is 0 Å². The van der Waals surface area contributed by atoms with Crippen molar-refractivity contribution in [3.8, 4) is 0 Å². The molecule has 0 spiro atoms. The molecule has 3 N–H and O–H groups in total. The van der Waals surface area contributed by atoms with Crippen molar-refractivity contribution in [1.82, 2.24) is 4.98 Å². The summed E-state index contributed by atoms with van der Waals surface area (Å²) in [6.45, 7) is 53.0. The zero-order chi connectivity index (χ0) is 60.7. The van der Waals surface area contributed by atoms with Crippen LogP contribution in [0.4, 0.5) is 22.7 Å². The van der Waals surface area contributed by atoms with E-state index < -0.39 is 32.9 Å². The minimum Gasteiger partial charge on any atom is -0.687 e. The third-order valence-electron chi connectivity index (χ3n) is 10.7. The predicted octanol–water partition coefficient (Wildman–Crippen LogP) is 19.6. The summed E-state index contributed by atoms with van der Waals surface area (Å²) in [7, 11) is -5.41. The van der Waals surface area contributed by atoms with Gasteiger partial charge in [0, 0.05) is 48.8 Å². The van der Waals surface area contributed by atoms with Gasteiger partial charge in [-0.2, -0.15) is 0 Å². The number of pyridine rings is 4. The number of aryl methyl sites for hydroxylation is 12. The summed E-state index contributed by atoms with van der Waals surface area (Å²) < 4.78 is 0. The van der Waals surface area contributed by atoms with Crippen LogP contribution in [-0.2, 0) is 0 Å². The first-order valence-electron chi connectivity index (χ1n) is 28.0. The maximum Gasteiger partial charge on any atom is 2.00 e. The molecule has 14 heteroatoms. The van der Waals surface area contributed by atoms with E-state index in [-0.39, 0.29) is 46.1 Å². The number of hydrogen-bond donors (Lipinski definition) is 0. The van der Waals surface area contributed by atoms with Crippen LogP contribution in [0.1, 0.15) is 66.8 Å². The third-order valence-corrected chi connectivity index (χ3v) is 14.3. The molecule has 8 rings (SSSR count). The molecular weight excluding hydrogens is 1090 g/mol. The molecule has 8 nitrogen and oxygen atoms in total.